The van der Waals surface area contributed by atoms with Crippen LogP contribution in [-0.2, 0) is 13.6 Å². The molecule has 0 aliphatic carbocycles. The number of nitrogens with zero attached hydrogens (tertiary/aromatic N) is 5. The van der Waals surface area contributed by atoms with Gasteiger partial charge in [0.15, 0.2) is 5.96 Å². The molecule has 2 N–H and O–H groups in total. The molecule has 7 nitrogen and oxygen atoms in total. The van der Waals surface area contributed by atoms with Gasteiger partial charge < -0.3 is 15.3 Å². The van der Waals surface area contributed by atoms with E-state index in [0.717, 1.165) is 23.9 Å². The van der Waals surface area contributed by atoms with Crippen LogP contribution < -0.4 is 5.32 Å². The Kier molecular flexibility index (Phi) is 6.31. The predicted molar refractivity (Wildman–Crippen MR) is 94.6 cm³/mol. The van der Waals surface area contributed by atoms with Crippen molar-refractivity contribution in [3.63, 3.8) is 0 Å². The van der Waals surface area contributed by atoms with Crippen molar-refractivity contribution in [2.24, 2.45) is 12.0 Å². The van der Waals surface area contributed by atoms with E-state index in [-0.39, 0.29) is 0 Å². The summed E-state index contributed by atoms with van der Waals surface area (Å²) in [5, 5.41) is 17.6. The average Bonchev–Trinajstić information content (AvgIpc) is 2.96. The van der Waals surface area contributed by atoms with Crippen LogP contribution in [0.15, 0.2) is 35.6 Å². The highest BCUT2D eigenvalue weighted by atomic mass is 16.3. The fourth-order valence-electron chi connectivity index (χ4n) is 2.29. The number of guanidine groups is 1. The van der Waals surface area contributed by atoms with Crippen LogP contribution in [0.4, 0.5) is 0 Å². The maximum Gasteiger partial charge on any atom is 0.194 e. The summed E-state index contributed by atoms with van der Waals surface area (Å²) in [7, 11) is 3.80. The highest BCUT2D eigenvalue weighted by Crippen LogP contribution is 2.14. The Hall–Kier alpha value is -2.41. The molecule has 0 bridgehead atoms. The van der Waals surface area contributed by atoms with Crippen molar-refractivity contribution in [3.8, 4) is 0 Å². The van der Waals surface area contributed by atoms with E-state index in [1.165, 1.54) is 11.9 Å². The van der Waals surface area contributed by atoms with E-state index in [9.17, 15) is 5.11 Å². The van der Waals surface area contributed by atoms with E-state index in [1.54, 1.807) is 4.68 Å². The number of nitrogens with one attached hydrogen (secondary N) is 1. The molecule has 0 saturated heterocycles. The fraction of sp³-hybridized carbons (Fsp3) is 0.471. The zero-order valence-corrected chi connectivity index (χ0v) is 14.8. The Bertz CT molecular complexity index is 664. The molecule has 2 aromatic rings. The van der Waals surface area contributed by atoms with Gasteiger partial charge in [-0.15, -0.1) is 0 Å². The Morgan fingerprint density at radius 1 is 1.38 bits per heavy atom. The number of aliphatic hydroxyl groups excluding tert-OH is 1. The van der Waals surface area contributed by atoms with Crippen molar-refractivity contribution < 1.29 is 5.11 Å². The smallest absolute Gasteiger partial charge is 0.194 e. The molecule has 0 aliphatic heterocycles. The van der Waals surface area contributed by atoms with Gasteiger partial charge in [0.1, 0.15) is 12.2 Å². The maximum atomic E-state index is 10.3. The van der Waals surface area contributed by atoms with E-state index in [4.69, 9.17) is 0 Å². The van der Waals surface area contributed by atoms with Crippen LogP contribution in [0.1, 0.15) is 30.0 Å². The molecule has 7 heteroatoms. The van der Waals surface area contributed by atoms with Gasteiger partial charge in [0.25, 0.3) is 0 Å². The molecule has 0 spiro atoms. The molecule has 1 aromatic heterocycles. The molecule has 0 saturated carbocycles. The summed E-state index contributed by atoms with van der Waals surface area (Å²) in [4.78, 5) is 10.7. The third-order valence-electron chi connectivity index (χ3n) is 3.76. The largest absolute Gasteiger partial charge is 0.386 e. The summed E-state index contributed by atoms with van der Waals surface area (Å²) in [5.41, 5.74) is 2.04. The van der Waals surface area contributed by atoms with Gasteiger partial charge in [0, 0.05) is 20.6 Å². The Morgan fingerprint density at radius 2 is 2.08 bits per heavy atom. The zero-order chi connectivity index (χ0) is 17.5. The molecular weight excluding hydrogens is 304 g/mol. The second kappa shape index (κ2) is 8.44. The Morgan fingerprint density at radius 3 is 2.67 bits per heavy atom. The van der Waals surface area contributed by atoms with E-state index >= 15 is 0 Å². The number of hydrogen-bond donors (Lipinski definition) is 2. The van der Waals surface area contributed by atoms with Crippen LogP contribution >= 0.6 is 0 Å². The van der Waals surface area contributed by atoms with Gasteiger partial charge in [-0.3, -0.25) is 9.67 Å². The van der Waals surface area contributed by atoms with Gasteiger partial charge >= 0.3 is 0 Å². The van der Waals surface area contributed by atoms with Gasteiger partial charge in [0.05, 0.1) is 19.2 Å². The average molecular weight is 330 g/mol. The van der Waals surface area contributed by atoms with E-state index < -0.39 is 6.10 Å². The van der Waals surface area contributed by atoms with Crippen LogP contribution in [0, 0.1) is 6.92 Å². The zero-order valence-electron chi connectivity index (χ0n) is 14.8. The first kappa shape index (κ1) is 17.9. The first-order chi connectivity index (χ1) is 11.5. The number of aliphatic imine (C=N–C) groups is 1. The standard InChI is InChI=1S/C17H26N6O/c1-5-18-17(22(3)11-16-20-12-21-23(16)4)19-10-15(24)14-8-6-13(2)7-9-14/h6-9,12,15,24H,5,10-11H2,1-4H3,(H,18,19). The molecule has 0 radical (unpaired) electrons. The van der Waals surface area contributed by atoms with Crippen LogP contribution in [-0.4, -0.2) is 50.9 Å². The van der Waals surface area contributed by atoms with Crippen molar-refractivity contribution in [3.05, 3.63) is 47.5 Å². The van der Waals surface area contributed by atoms with Crippen molar-refractivity contribution in [1.82, 2.24) is 25.0 Å². The summed E-state index contributed by atoms with van der Waals surface area (Å²) in [6.07, 6.45) is 0.913. The van der Waals surface area contributed by atoms with Crippen LogP contribution in [0.25, 0.3) is 0 Å². The van der Waals surface area contributed by atoms with Gasteiger partial charge in [-0.1, -0.05) is 29.8 Å². The lowest BCUT2D eigenvalue weighted by Gasteiger charge is -2.22. The lowest BCUT2D eigenvalue weighted by Crippen LogP contribution is -2.39. The molecular formula is C17H26N6O. The Labute approximate surface area is 143 Å². The summed E-state index contributed by atoms with van der Waals surface area (Å²) in [6.45, 7) is 5.68. The summed E-state index contributed by atoms with van der Waals surface area (Å²) < 4.78 is 1.74. The third kappa shape index (κ3) is 4.79. The molecule has 1 unspecified atom stereocenters. The van der Waals surface area contributed by atoms with Crippen molar-refractivity contribution in [2.75, 3.05) is 20.1 Å². The second-order valence-electron chi connectivity index (χ2n) is 5.78. The summed E-state index contributed by atoms with van der Waals surface area (Å²) in [5.74, 6) is 1.58. The summed E-state index contributed by atoms with van der Waals surface area (Å²) >= 11 is 0. The molecule has 0 fully saturated rings. The van der Waals surface area contributed by atoms with Crippen LogP contribution in [0.3, 0.4) is 0 Å². The van der Waals surface area contributed by atoms with E-state index in [1.807, 2.05) is 57.1 Å². The first-order valence-electron chi connectivity index (χ1n) is 8.08. The molecule has 1 aromatic carbocycles. The van der Waals surface area contributed by atoms with Crippen LogP contribution in [0.2, 0.25) is 0 Å². The topological polar surface area (TPSA) is 78.6 Å². The van der Waals surface area contributed by atoms with Gasteiger partial charge in [0.2, 0.25) is 0 Å². The minimum atomic E-state index is -0.623. The minimum absolute atomic E-state index is 0.300. The van der Waals surface area contributed by atoms with E-state index in [2.05, 4.69) is 20.4 Å². The predicted octanol–water partition coefficient (Wildman–Crippen LogP) is 1.25. The summed E-state index contributed by atoms with van der Waals surface area (Å²) in [6, 6.07) is 7.86. The second-order valence-corrected chi connectivity index (χ2v) is 5.78. The molecule has 24 heavy (non-hydrogen) atoms. The maximum absolute atomic E-state index is 10.3. The fourth-order valence-corrected chi connectivity index (χ4v) is 2.29. The van der Waals surface area contributed by atoms with Crippen molar-refractivity contribution >= 4 is 5.96 Å². The number of benzene rings is 1. The van der Waals surface area contributed by atoms with E-state index in [0.29, 0.717) is 13.1 Å². The molecule has 1 heterocycles. The number of aryl methyl sites for hydroxylation is 2. The van der Waals surface area contributed by atoms with Crippen LogP contribution in [0.5, 0.6) is 0 Å². The minimum Gasteiger partial charge on any atom is -0.386 e. The number of rotatable bonds is 6. The van der Waals surface area contributed by atoms with Gasteiger partial charge in [-0.25, -0.2) is 4.98 Å². The number of aliphatic hydroxyl groups is 1. The van der Waals surface area contributed by atoms with Gasteiger partial charge in [-0.05, 0) is 19.4 Å². The molecule has 130 valence electrons. The SMILES string of the molecule is CCNC(=NCC(O)c1ccc(C)cc1)N(C)Cc1ncnn1C. The first-order valence-corrected chi connectivity index (χ1v) is 8.08. The molecule has 1 atom stereocenters. The molecule has 0 aliphatic rings. The monoisotopic (exact) mass is 330 g/mol. The normalized spacial score (nSPS) is 13.0. The van der Waals surface area contributed by atoms with Crippen molar-refractivity contribution in [2.45, 2.75) is 26.5 Å². The molecule has 2 rings (SSSR count). The quantitative estimate of drug-likeness (QED) is 0.616. The lowest BCUT2D eigenvalue weighted by atomic mass is 10.1. The highest BCUT2D eigenvalue weighted by Gasteiger charge is 2.12. The number of hydrogen-bond acceptors (Lipinski definition) is 4. The lowest BCUT2D eigenvalue weighted by molar-refractivity contribution is 0.186. The van der Waals surface area contributed by atoms with Gasteiger partial charge in [-0.2, -0.15) is 5.10 Å². The van der Waals surface area contributed by atoms with Crippen molar-refractivity contribution in [1.29, 1.82) is 0 Å². The Balaban J connectivity index is 2.03. The third-order valence-corrected chi connectivity index (χ3v) is 3.76. The highest BCUT2D eigenvalue weighted by molar-refractivity contribution is 5.79. The molecule has 0 amide bonds. The number of aromatic nitrogens is 3.